The molecule has 11 aromatic carbocycles. The van der Waals surface area contributed by atoms with E-state index in [2.05, 4.69) is 255 Å². The number of hydrogen-bond acceptors (Lipinski definition) is 0. The lowest BCUT2D eigenvalue weighted by atomic mass is 9.83. The van der Waals surface area contributed by atoms with Gasteiger partial charge in [-0.2, -0.15) is 0 Å². The lowest BCUT2D eigenvalue weighted by molar-refractivity contribution is 1.58. The Hall–Kier alpha value is -8.06. The molecule has 11 rings (SSSR count). The van der Waals surface area contributed by atoms with Crippen LogP contribution in [0.1, 0.15) is 0 Å². The molecule has 0 amide bonds. The highest BCUT2D eigenvalue weighted by Gasteiger charge is 2.19. The molecule has 0 aliphatic heterocycles. The third-order valence-corrected chi connectivity index (χ3v) is 12.3. The lowest BCUT2D eigenvalue weighted by Gasteiger charge is -2.20. The predicted octanol–water partition coefficient (Wildman–Crippen LogP) is 17.3. The van der Waals surface area contributed by atoms with Crippen molar-refractivity contribution in [2.24, 2.45) is 0 Å². The molecule has 0 aliphatic rings. The Balaban J connectivity index is 1.13. The second-order valence-corrected chi connectivity index (χ2v) is 16.0. The van der Waals surface area contributed by atoms with E-state index in [-0.39, 0.29) is 0 Å². The van der Waals surface area contributed by atoms with E-state index in [1.54, 1.807) is 0 Å². The molecule has 0 saturated heterocycles. The van der Waals surface area contributed by atoms with Crippen LogP contribution < -0.4 is 0 Å². The molecule has 0 saturated carbocycles. The van der Waals surface area contributed by atoms with Gasteiger partial charge in [0, 0.05) is 0 Å². The summed E-state index contributed by atoms with van der Waals surface area (Å²) >= 11 is 0. The molecule has 0 spiro atoms. The molecule has 0 atom stereocenters. The zero-order chi connectivity index (χ0) is 41.2. The minimum atomic E-state index is 1.19. The average molecular weight is 787 g/mol. The zero-order valence-electron chi connectivity index (χ0n) is 34.2. The highest BCUT2D eigenvalue weighted by Crippen LogP contribution is 2.46. The van der Waals surface area contributed by atoms with Gasteiger partial charge in [0.05, 0.1) is 0 Å². The van der Waals surface area contributed by atoms with Gasteiger partial charge in [-0.05, 0) is 123 Å². The Kier molecular flexibility index (Phi) is 9.65. The van der Waals surface area contributed by atoms with Crippen molar-refractivity contribution in [1.82, 2.24) is 0 Å². The van der Waals surface area contributed by atoms with Gasteiger partial charge in [-0.15, -0.1) is 0 Å². The first-order valence-corrected chi connectivity index (χ1v) is 21.4. The van der Waals surface area contributed by atoms with Crippen LogP contribution in [-0.4, -0.2) is 0 Å². The molecule has 0 fully saturated rings. The van der Waals surface area contributed by atoms with E-state index in [0.29, 0.717) is 0 Å². The summed E-state index contributed by atoms with van der Waals surface area (Å²) in [5, 5.41) is 4.93. The fourth-order valence-corrected chi connectivity index (χ4v) is 9.10. The fourth-order valence-electron chi connectivity index (χ4n) is 9.10. The summed E-state index contributed by atoms with van der Waals surface area (Å²) in [6.07, 6.45) is 0. The largest absolute Gasteiger partial charge is 0.0622 e. The van der Waals surface area contributed by atoms with Crippen LogP contribution in [0.15, 0.2) is 255 Å². The summed E-state index contributed by atoms with van der Waals surface area (Å²) in [6, 6.07) is 93.0. The second-order valence-electron chi connectivity index (χ2n) is 16.0. The van der Waals surface area contributed by atoms with Gasteiger partial charge >= 0.3 is 0 Å². The van der Waals surface area contributed by atoms with Crippen LogP contribution in [0.3, 0.4) is 0 Å². The molecular weight excluding hydrogens is 745 g/mol. The quantitative estimate of drug-likeness (QED) is 0.135. The molecule has 0 N–H and O–H groups in total. The van der Waals surface area contributed by atoms with Crippen LogP contribution in [0.5, 0.6) is 0 Å². The van der Waals surface area contributed by atoms with E-state index in [1.807, 2.05) is 0 Å². The highest BCUT2D eigenvalue weighted by molar-refractivity contribution is 6.22. The molecule has 0 nitrogen and oxygen atoms in total. The minimum absolute atomic E-state index is 1.19. The van der Waals surface area contributed by atoms with Crippen LogP contribution in [0, 0.1) is 0 Å². The van der Waals surface area contributed by atoms with Crippen molar-refractivity contribution in [3.63, 3.8) is 0 Å². The van der Waals surface area contributed by atoms with Crippen molar-refractivity contribution in [2.45, 2.75) is 0 Å². The van der Waals surface area contributed by atoms with Crippen molar-refractivity contribution in [3.05, 3.63) is 255 Å². The number of hydrogen-bond donors (Lipinski definition) is 0. The van der Waals surface area contributed by atoms with Crippen molar-refractivity contribution >= 4 is 21.5 Å². The monoisotopic (exact) mass is 786 g/mol. The van der Waals surface area contributed by atoms with Gasteiger partial charge in [-0.25, -0.2) is 0 Å². The van der Waals surface area contributed by atoms with Gasteiger partial charge in [0.1, 0.15) is 0 Å². The Labute approximate surface area is 363 Å². The molecule has 11 aromatic rings. The summed E-state index contributed by atoms with van der Waals surface area (Å²) in [4.78, 5) is 0. The fraction of sp³-hybridized carbons (Fsp3) is 0. The third kappa shape index (κ3) is 7.08. The summed E-state index contributed by atoms with van der Waals surface area (Å²) in [6.45, 7) is 0. The number of benzene rings is 11. The number of rotatable bonds is 8. The van der Waals surface area contributed by atoms with Gasteiger partial charge in [-0.1, -0.05) is 243 Å². The number of fused-ring (bicyclic) bond motifs is 2. The van der Waals surface area contributed by atoms with Crippen LogP contribution in [0.2, 0.25) is 0 Å². The van der Waals surface area contributed by atoms with Gasteiger partial charge in [0.15, 0.2) is 0 Å². The molecule has 0 unspecified atom stereocenters. The predicted molar refractivity (Wildman–Crippen MR) is 265 cm³/mol. The van der Waals surface area contributed by atoms with Crippen LogP contribution in [0.4, 0.5) is 0 Å². The standard InChI is InChI=1S/C62H42/c1-5-13-43(14-6-1)47-21-25-51(26-22-47)55-37-39-57-59(41-55)61(53-33-29-49(30-34-53)45-17-9-3-10-18-45)58-40-38-56(52-27-23-48(24-28-52)44-15-7-2-8-16-44)42-60(58)62(57)54-35-31-50(32-36-54)46-19-11-4-12-20-46/h1-42H. The summed E-state index contributed by atoms with van der Waals surface area (Å²) < 4.78 is 0. The van der Waals surface area contributed by atoms with E-state index in [9.17, 15) is 0 Å². The first-order valence-electron chi connectivity index (χ1n) is 21.4. The SMILES string of the molecule is c1ccc(-c2ccc(-c3ccc4c(-c5ccc(-c6ccccc6)cc5)c5cc(-c6ccc(-c7ccccc7)cc6)ccc5c(-c5ccc(-c6ccccc6)cc5)c4c3)cc2)cc1. The highest BCUT2D eigenvalue weighted by atomic mass is 14.2. The average Bonchev–Trinajstić information content (AvgIpc) is 3.36. The van der Waals surface area contributed by atoms with Crippen LogP contribution in [0.25, 0.3) is 111 Å². The summed E-state index contributed by atoms with van der Waals surface area (Å²) in [7, 11) is 0. The maximum atomic E-state index is 2.42. The van der Waals surface area contributed by atoms with Crippen molar-refractivity contribution in [3.8, 4) is 89.0 Å². The first-order chi connectivity index (χ1) is 30.7. The second kappa shape index (κ2) is 16.2. The van der Waals surface area contributed by atoms with Crippen molar-refractivity contribution in [1.29, 1.82) is 0 Å². The Morgan fingerprint density at radius 3 is 0.581 bits per heavy atom. The maximum Gasteiger partial charge on any atom is -0.00261 e. The van der Waals surface area contributed by atoms with E-state index >= 15 is 0 Å². The molecular formula is C62H42. The summed E-state index contributed by atoms with van der Waals surface area (Å²) in [5.41, 5.74) is 19.4. The first kappa shape index (κ1) is 37.0. The van der Waals surface area contributed by atoms with E-state index in [0.717, 1.165) is 0 Å². The van der Waals surface area contributed by atoms with E-state index in [4.69, 9.17) is 0 Å². The van der Waals surface area contributed by atoms with E-state index in [1.165, 1.54) is 111 Å². The Morgan fingerprint density at radius 1 is 0.129 bits per heavy atom. The molecule has 0 bridgehead atoms. The van der Waals surface area contributed by atoms with Gasteiger partial charge in [-0.3, -0.25) is 0 Å². The Bertz CT molecular complexity index is 3070. The van der Waals surface area contributed by atoms with Crippen molar-refractivity contribution < 1.29 is 0 Å². The molecule has 0 aliphatic carbocycles. The summed E-state index contributed by atoms with van der Waals surface area (Å²) in [5.74, 6) is 0. The molecule has 0 heterocycles. The normalized spacial score (nSPS) is 11.2. The molecule has 0 heteroatoms. The third-order valence-electron chi connectivity index (χ3n) is 12.3. The minimum Gasteiger partial charge on any atom is -0.0622 e. The van der Waals surface area contributed by atoms with Gasteiger partial charge in [0.25, 0.3) is 0 Å². The van der Waals surface area contributed by atoms with Gasteiger partial charge in [0.2, 0.25) is 0 Å². The lowest BCUT2D eigenvalue weighted by Crippen LogP contribution is -1.93. The van der Waals surface area contributed by atoms with Crippen molar-refractivity contribution in [2.75, 3.05) is 0 Å². The van der Waals surface area contributed by atoms with Gasteiger partial charge < -0.3 is 0 Å². The molecule has 0 radical (unpaired) electrons. The zero-order valence-corrected chi connectivity index (χ0v) is 34.2. The molecule has 0 aromatic heterocycles. The molecule has 62 heavy (non-hydrogen) atoms. The molecule has 290 valence electrons. The Morgan fingerprint density at radius 2 is 0.323 bits per heavy atom. The van der Waals surface area contributed by atoms with E-state index < -0.39 is 0 Å². The topological polar surface area (TPSA) is 0 Å². The maximum absolute atomic E-state index is 2.42. The van der Waals surface area contributed by atoms with Crippen LogP contribution >= 0.6 is 0 Å². The smallest absolute Gasteiger partial charge is 0.00261 e. The van der Waals surface area contributed by atoms with Crippen LogP contribution in [-0.2, 0) is 0 Å².